The van der Waals surface area contributed by atoms with Crippen LogP contribution in [0.2, 0.25) is 0 Å². The van der Waals surface area contributed by atoms with Gasteiger partial charge in [-0.05, 0) is 29.8 Å². The van der Waals surface area contributed by atoms with Crippen molar-refractivity contribution in [1.29, 1.82) is 0 Å². The molecule has 1 aromatic heterocycles. The van der Waals surface area contributed by atoms with Crippen molar-refractivity contribution in [2.75, 3.05) is 31.9 Å². The Morgan fingerprint density at radius 3 is 2.54 bits per heavy atom. The van der Waals surface area contributed by atoms with Gasteiger partial charge >= 0.3 is 0 Å². The van der Waals surface area contributed by atoms with Crippen molar-refractivity contribution in [2.24, 2.45) is 0 Å². The number of benzene rings is 2. The highest BCUT2D eigenvalue weighted by atomic mass is 32.2. The molecule has 0 N–H and O–H groups in total. The van der Waals surface area contributed by atoms with Crippen molar-refractivity contribution in [3.8, 4) is 11.5 Å². The van der Waals surface area contributed by atoms with Crippen LogP contribution in [-0.4, -0.2) is 43.1 Å². The number of anilines is 1. The first kappa shape index (κ1) is 19.8. The maximum absolute atomic E-state index is 12.3. The summed E-state index contributed by atoms with van der Waals surface area (Å²) in [5.41, 5.74) is 1.80. The van der Waals surface area contributed by atoms with Gasteiger partial charge in [-0.2, -0.15) is 0 Å². The zero-order valence-corrected chi connectivity index (χ0v) is 16.7. The molecule has 0 aliphatic heterocycles. The number of hydrogen-bond acceptors (Lipinski definition) is 7. The molecule has 1 heterocycles. The third-order valence-electron chi connectivity index (χ3n) is 4.09. The highest BCUT2D eigenvalue weighted by Gasteiger charge is 2.15. The van der Waals surface area contributed by atoms with E-state index in [9.17, 15) is 4.79 Å². The summed E-state index contributed by atoms with van der Waals surface area (Å²) in [5.74, 6) is 1.94. The van der Waals surface area contributed by atoms with Crippen molar-refractivity contribution in [2.45, 2.75) is 11.6 Å². The maximum Gasteiger partial charge on any atom is 0.277 e. The van der Waals surface area contributed by atoms with Gasteiger partial charge in [0.25, 0.3) is 5.22 Å². The van der Waals surface area contributed by atoms with Crippen LogP contribution in [0.15, 0.2) is 58.2 Å². The van der Waals surface area contributed by atoms with Crippen LogP contribution < -0.4 is 14.4 Å². The van der Waals surface area contributed by atoms with E-state index < -0.39 is 0 Å². The summed E-state index contributed by atoms with van der Waals surface area (Å²) in [5, 5.41) is 8.43. The van der Waals surface area contributed by atoms with E-state index in [1.54, 1.807) is 26.2 Å². The second-order valence-corrected chi connectivity index (χ2v) is 6.83. The minimum atomic E-state index is -0.0455. The summed E-state index contributed by atoms with van der Waals surface area (Å²) >= 11 is 1.22. The third kappa shape index (κ3) is 4.83. The highest BCUT2D eigenvalue weighted by Crippen LogP contribution is 2.28. The van der Waals surface area contributed by atoms with Crippen LogP contribution in [0, 0.1) is 0 Å². The van der Waals surface area contributed by atoms with Crippen molar-refractivity contribution >= 4 is 23.4 Å². The van der Waals surface area contributed by atoms with Crippen molar-refractivity contribution in [3.63, 3.8) is 0 Å². The van der Waals surface area contributed by atoms with Crippen LogP contribution >= 0.6 is 11.8 Å². The molecule has 0 aliphatic rings. The zero-order chi connectivity index (χ0) is 19.9. The number of hydrogen-bond donors (Lipinski definition) is 0. The third-order valence-corrected chi connectivity index (χ3v) is 4.89. The van der Waals surface area contributed by atoms with Crippen LogP contribution in [0.25, 0.3) is 0 Å². The number of amides is 1. The smallest absolute Gasteiger partial charge is 0.277 e. The molecule has 0 radical (unpaired) electrons. The topological polar surface area (TPSA) is 77.7 Å². The Bertz CT molecular complexity index is 930. The van der Waals surface area contributed by atoms with Gasteiger partial charge < -0.3 is 18.8 Å². The highest BCUT2D eigenvalue weighted by molar-refractivity contribution is 7.99. The number of para-hydroxylation sites is 1. The van der Waals surface area contributed by atoms with Gasteiger partial charge in [-0.25, -0.2) is 0 Å². The van der Waals surface area contributed by atoms with Crippen molar-refractivity contribution in [3.05, 3.63) is 60.0 Å². The number of ether oxygens (including phenoxy) is 2. The van der Waals surface area contributed by atoms with Gasteiger partial charge in [-0.3, -0.25) is 4.79 Å². The van der Waals surface area contributed by atoms with Crippen LogP contribution in [0.3, 0.4) is 0 Å². The summed E-state index contributed by atoms with van der Waals surface area (Å²) in [6.07, 6.45) is 0.464. The van der Waals surface area contributed by atoms with E-state index in [4.69, 9.17) is 13.9 Å². The molecule has 1 amide bonds. The molecule has 0 fully saturated rings. The quantitative estimate of drug-likeness (QED) is 0.537. The lowest BCUT2D eigenvalue weighted by molar-refractivity contribution is -0.115. The van der Waals surface area contributed by atoms with Gasteiger partial charge in [0.15, 0.2) is 11.5 Å². The van der Waals surface area contributed by atoms with Crippen LogP contribution in [0.1, 0.15) is 11.5 Å². The predicted molar refractivity (Wildman–Crippen MR) is 107 cm³/mol. The Morgan fingerprint density at radius 2 is 1.82 bits per heavy atom. The fraction of sp³-hybridized carbons (Fsp3) is 0.250. The van der Waals surface area contributed by atoms with Gasteiger partial charge in [0.1, 0.15) is 0 Å². The molecule has 0 unspecified atom stereocenters. The molecule has 0 aliphatic carbocycles. The van der Waals surface area contributed by atoms with E-state index in [-0.39, 0.29) is 11.7 Å². The molecule has 146 valence electrons. The number of thioether (sulfide) groups is 1. The van der Waals surface area contributed by atoms with Gasteiger partial charge in [0, 0.05) is 12.7 Å². The molecule has 7 nitrogen and oxygen atoms in total. The first-order valence-electron chi connectivity index (χ1n) is 8.58. The number of rotatable bonds is 8. The van der Waals surface area contributed by atoms with Crippen molar-refractivity contribution in [1.82, 2.24) is 10.2 Å². The van der Waals surface area contributed by atoms with Crippen LogP contribution in [-0.2, 0) is 11.2 Å². The largest absolute Gasteiger partial charge is 0.493 e. The molecule has 0 atom stereocenters. The molecular formula is C20H21N3O4S. The van der Waals surface area contributed by atoms with E-state index in [0.29, 0.717) is 29.0 Å². The van der Waals surface area contributed by atoms with Crippen LogP contribution in [0.4, 0.5) is 5.69 Å². The van der Waals surface area contributed by atoms with E-state index in [1.165, 1.54) is 11.8 Å². The fourth-order valence-electron chi connectivity index (χ4n) is 2.55. The van der Waals surface area contributed by atoms with E-state index in [1.807, 2.05) is 48.5 Å². The van der Waals surface area contributed by atoms with E-state index in [0.717, 1.165) is 11.3 Å². The second kappa shape index (κ2) is 9.27. The average Bonchev–Trinajstić information content (AvgIpc) is 3.19. The van der Waals surface area contributed by atoms with Gasteiger partial charge in [0.05, 0.1) is 26.4 Å². The Morgan fingerprint density at radius 1 is 1.07 bits per heavy atom. The maximum atomic E-state index is 12.3. The number of aromatic nitrogens is 2. The lowest BCUT2D eigenvalue weighted by Crippen LogP contribution is -2.27. The minimum Gasteiger partial charge on any atom is -0.493 e. The number of carbonyl (C=O) groups excluding carboxylic acids is 1. The SMILES string of the molecule is COc1ccc(Cc2nnc(SCC(=O)N(C)c3ccccc3)o2)cc1OC. The average molecular weight is 399 g/mol. The molecule has 0 bridgehead atoms. The van der Waals surface area contributed by atoms with Gasteiger partial charge in [0.2, 0.25) is 11.8 Å². The molecule has 2 aromatic carbocycles. The molecule has 8 heteroatoms. The predicted octanol–water partition coefficient (Wildman–Crippen LogP) is 3.43. The Hall–Kier alpha value is -3.00. The minimum absolute atomic E-state index is 0.0455. The lowest BCUT2D eigenvalue weighted by atomic mass is 10.1. The summed E-state index contributed by atoms with van der Waals surface area (Å²) in [6, 6.07) is 15.1. The summed E-state index contributed by atoms with van der Waals surface area (Å²) in [6.45, 7) is 0. The monoisotopic (exact) mass is 399 g/mol. The normalized spacial score (nSPS) is 10.5. The standard InChI is InChI=1S/C20H21N3O4S/c1-23(15-7-5-4-6-8-15)19(24)13-28-20-22-21-18(27-20)12-14-9-10-16(25-2)17(11-14)26-3/h4-11H,12-13H2,1-3H3. The first-order chi connectivity index (χ1) is 13.6. The Balaban J connectivity index is 1.58. The van der Waals surface area contributed by atoms with Gasteiger partial charge in [-0.1, -0.05) is 36.0 Å². The molecule has 28 heavy (non-hydrogen) atoms. The number of nitrogens with zero attached hydrogens (tertiary/aromatic N) is 3. The number of carbonyl (C=O) groups is 1. The second-order valence-electron chi connectivity index (χ2n) is 5.90. The lowest BCUT2D eigenvalue weighted by Gasteiger charge is -2.16. The van der Waals surface area contributed by atoms with E-state index >= 15 is 0 Å². The summed E-state index contributed by atoms with van der Waals surface area (Å²) in [7, 11) is 4.93. The van der Waals surface area contributed by atoms with E-state index in [2.05, 4.69) is 10.2 Å². The summed E-state index contributed by atoms with van der Waals surface area (Å²) < 4.78 is 16.2. The number of methoxy groups -OCH3 is 2. The fourth-order valence-corrected chi connectivity index (χ4v) is 3.24. The molecular weight excluding hydrogens is 378 g/mol. The molecule has 0 saturated carbocycles. The van der Waals surface area contributed by atoms with Gasteiger partial charge in [-0.15, -0.1) is 10.2 Å². The molecule has 3 rings (SSSR count). The Kier molecular flexibility index (Phi) is 6.54. The molecule has 0 spiro atoms. The summed E-state index contributed by atoms with van der Waals surface area (Å²) in [4.78, 5) is 13.9. The first-order valence-corrected chi connectivity index (χ1v) is 9.57. The van der Waals surface area contributed by atoms with Crippen molar-refractivity contribution < 1.29 is 18.7 Å². The molecule has 3 aromatic rings. The van der Waals surface area contributed by atoms with Crippen LogP contribution in [0.5, 0.6) is 11.5 Å². The molecule has 0 saturated heterocycles. The zero-order valence-electron chi connectivity index (χ0n) is 15.9. The Labute approximate surface area is 167 Å².